The van der Waals surface area contributed by atoms with Crippen molar-refractivity contribution in [3.8, 4) is 0 Å². The fraction of sp³-hybridized carbons (Fsp3) is 0.300. The maximum atomic E-state index is 10.3. The van der Waals surface area contributed by atoms with Crippen LogP contribution in [0.4, 0.5) is 0 Å². The topological polar surface area (TPSA) is 37.3 Å². The average Bonchev–Trinajstić information content (AvgIpc) is 1.98. The number of carbonyl (C=O) groups is 1. The first-order chi connectivity index (χ1) is 5.61. The fourth-order valence-electron chi connectivity index (χ4n) is 0.949. The lowest BCUT2D eigenvalue weighted by molar-refractivity contribution is -0.137. The first kappa shape index (κ1) is 10.7. The molecule has 0 aliphatic rings. The Morgan fingerprint density at radius 3 is 2.50 bits per heavy atom. The molecule has 12 heavy (non-hydrogen) atoms. The molecule has 0 heterocycles. The molecular weight excluding hydrogens is 152 g/mol. The lowest BCUT2D eigenvalue weighted by Gasteiger charge is -2.08. The SMILES string of the molecule is C=C/C=C(\C=C)C(C)CC(=O)O. The van der Waals surface area contributed by atoms with Gasteiger partial charge in [0, 0.05) is 0 Å². The van der Waals surface area contributed by atoms with Gasteiger partial charge >= 0.3 is 5.97 Å². The van der Waals surface area contributed by atoms with Gasteiger partial charge in [-0.15, -0.1) is 0 Å². The van der Waals surface area contributed by atoms with Gasteiger partial charge in [0.15, 0.2) is 0 Å². The predicted octanol–water partition coefficient (Wildman–Crippen LogP) is 2.40. The largest absolute Gasteiger partial charge is 0.481 e. The minimum absolute atomic E-state index is 0.00185. The van der Waals surface area contributed by atoms with Gasteiger partial charge in [0.05, 0.1) is 6.42 Å². The van der Waals surface area contributed by atoms with Gasteiger partial charge in [-0.3, -0.25) is 4.79 Å². The summed E-state index contributed by atoms with van der Waals surface area (Å²) in [6, 6.07) is 0. The van der Waals surface area contributed by atoms with Crippen LogP contribution in [0.5, 0.6) is 0 Å². The first-order valence-electron chi connectivity index (χ1n) is 3.78. The van der Waals surface area contributed by atoms with Crippen molar-refractivity contribution in [1.29, 1.82) is 0 Å². The molecule has 66 valence electrons. The van der Waals surface area contributed by atoms with Crippen molar-refractivity contribution in [1.82, 2.24) is 0 Å². The van der Waals surface area contributed by atoms with Crippen molar-refractivity contribution < 1.29 is 9.90 Å². The van der Waals surface area contributed by atoms with Gasteiger partial charge in [-0.2, -0.15) is 0 Å². The molecule has 1 atom stereocenters. The van der Waals surface area contributed by atoms with Crippen molar-refractivity contribution in [3.05, 3.63) is 37.0 Å². The third-order valence-electron chi connectivity index (χ3n) is 1.60. The number of carboxylic acid groups (broad SMARTS) is 1. The molecule has 0 amide bonds. The molecule has 0 spiro atoms. The Morgan fingerprint density at radius 1 is 1.58 bits per heavy atom. The molecule has 0 aromatic rings. The predicted molar refractivity (Wildman–Crippen MR) is 49.9 cm³/mol. The van der Waals surface area contributed by atoms with Crippen molar-refractivity contribution in [2.24, 2.45) is 5.92 Å². The van der Waals surface area contributed by atoms with Gasteiger partial charge in [-0.1, -0.05) is 38.3 Å². The lowest BCUT2D eigenvalue weighted by Crippen LogP contribution is -2.05. The van der Waals surface area contributed by atoms with Gasteiger partial charge in [0.2, 0.25) is 0 Å². The van der Waals surface area contributed by atoms with Crippen molar-refractivity contribution in [2.75, 3.05) is 0 Å². The van der Waals surface area contributed by atoms with Crippen LogP contribution >= 0.6 is 0 Å². The minimum Gasteiger partial charge on any atom is -0.481 e. The third-order valence-corrected chi connectivity index (χ3v) is 1.60. The summed E-state index contributed by atoms with van der Waals surface area (Å²) < 4.78 is 0. The van der Waals surface area contributed by atoms with E-state index in [1.165, 1.54) is 0 Å². The fourth-order valence-corrected chi connectivity index (χ4v) is 0.949. The van der Waals surface area contributed by atoms with Crippen LogP contribution in [0.1, 0.15) is 13.3 Å². The second kappa shape index (κ2) is 5.35. The van der Waals surface area contributed by atoms with E-state index in [4.69, 9.17) is 5.11 Å². The van der Waals surface area contributed by atoms with Gasteiger partial charge < -0.3 is 5.11 Å². The van der Waals surface area contributed by atoms with Gasteiger partial charge in [0.25, 0.3) is 0 Å². The van der Waals surface area contributed by atoms with Gasteiger partial charge in [-0.25, -0.2) is 0 Å². The van der Waals surface area contributed by atoms with Crippen LogP contribution in [-0.4, -0.2) is 11.1 Å². The summed E-state index contributed by atoms with van der Waals surface area (Å²) in [7, 11) is 0. The Kier molecular flexibility index (Phi) is 4.77. The van der Waals surface area contributed by atoms with Crippen LogP contribution in [0, 0.1) is 5.92 Å². The average molecular weight is 166 g/mol. The van der Waals surface area contributed by atoms with Crippen LogP contribution in [-0.2, 0) is 4.79 Å². The maximum Gasteiger partial charge on any atom is 0.303 e. The Bertz CT molecular complexity index is 214. The van der Waals surface area contributed by atoms with E-state index in [0.29, 0.717) is 0 Å². The lowest BCUT2D eigenvalue weighted by atomic mass is 9.97. The van der Waals surface area contributed by atoms with Gasteiger partial charge in [-0.05, 0) is 11.5 Å². The van der Waals surface area contributed by atoms with Crippen molar-refractivity contribution in [2.45, 2.75) is 13.3 Å². The third kappa shape index (κ3) is 3.76. The number of hydrogen-bond donors (Lipinski definition) is 1. The first-order valence-corrected chi connectivity index (χ1v) is 3.78. The summed E-state index contributed by atoms with van der Waals surface area (Å²) in [5.41, 5.74) is 0.910. The van der Waals surface area contributed by atoms with E-state index in [1.54, 1.807) is 18.2 Å². The van der Waals surface area contributed by atoms with E-state index in [9.17, 15) is 4.79 Å². The van der Waals surface area contributed by atoms with Crippen LogP contribution in [0.3, 0.4) is 0 Å². The van der Waals surface area contributed by atoms with E-state index in [-0.39, 0.29) is 12.3 Å². The Hall–Kier alpha value is -1.31. The Labute approximate surface area is 72.9 Å². The number of carboxylic acids is 1. The second-order valence-electron chi connectivity index (χ2n) is 2.61. The van der Waals surface area contributed by atoms with Crippen molar-refractivity contribution >= 4 is 5.97 Å². The van der Waals surface area contributed by atoms with E-state index in [2.05, 4.69) is 13.2 Å². The summed E-state index contributed by atoms with van der Waals surface area (Å²) >= 11 is 0. The van der Waals surface area contributed by atoms with E-state index in [1.807, 2.05) is 6.92 Å². The standard InChI is InChI=1S/C10H14O2/c1-4-6-9(5-2)8(3)7-10(11)12/h4-6,8H,1-2,7H2,3H3,(H,11,12)/b9-6+. The summed E-state index contributed by atoms with van der Waals surface area (Å²) in [5.74, 6) is -0.794. The summed E-state index contributed by atoms with van der Waals surface area (Å²) in [5, 5.41) is 8.51. The maximum absolute atomic E-state index is 10.3. The molecule has 1 N–H and O–H groups in total. The number of aliphatic carboxylic acids is 1. The molecular formula is C10H14O2. The van der Waals surface area contributed by atoms with Crippen LogP contribution in [0.25, 0.3) is 0 Å². The number of rotatable bonds is 5. The molecule has 0 aromatic carbocycles. The summed E-state index contributed by atoms with van der Waals surface area (Å²) in [6.45, 7) is 8.99. The van der Waals surface area contributed by atoms with Crippen LogP contribution < -0.4 is 0 Å². The molecule has 0 saturated carbocycles. The highest BCUT2D eigenvalue weighted by Crippen LogP contribution is 2.15. The summed E-state index contributed by atoms with van der Waals surface area (Å²) in [6.07, 6.45) is 5.21. The molecule has 0 radical (unpaired) electrons. The normalized spacial score (nSPS) is 13.6. The van der Waals surface area contributed by atoms with E-state index in [0.717, 1.165) is 5.57 Å². The van der Waals surface area contributed by atoms with E-state index < -0.39 is 5.97 Å². The number of hydrogen-bond acceptors (Lipinski definition) is 1. The van der Waals surface area contributed by atoms with Gasteiger partial charge in [0.1, 0.15) is 0 Å². The molecule has 0 aliphatic heterocycles. The molecule has 0 fully saturated rings. The Balaban J connectivity index is 4.31. The molecule has 1 unspecified atom stereocenters. The monoisotopic (exact) mass is 166 g/mol. The quantitative estimate of drug-likeness (QED) is 0.637. The molecule has 0 rings (SSSR count). The zero-order valence-corrected chi connectivity index (χ0v) is 7.29. The molecule has 2 nitrogen and oxygen atoms in total. The Morgan fingerprint density at radius 2 is 2.17 bits per heavy atom. The highest BCUT2D eigenvalue weighted by atomic mass is 16.4. The zero-order valence-electron chi connectivity index (χ0n) is 7.29. The summed E-state index contributed by atoms with van der Waals surface area (Å²) in [4.78, 5) is 10.3. The van der Waals surface area contributed by atoms with E-state index >= 15 is 0 Å². The number of allylic oxidation sites excluding steroid dienone is 4. The molecule has 0 aromatic heterocycles. The highest BCUT2D eigenvalue weighted by Gasteiger charge is 2.09. The zero-order chi connectivity index (χ0) is 9.56. The minimum atomic E-state index is -0.792. The van der Waals surface area contributed by atoms with Crippen LogP contribution in [0.15, 0.2) is 37.0 Å². The molecule has 2 heteroatoms. The smallest absolute Gasteiger partial charge is 0.303 e. The second-order valence-corrected chi connectivity index (χ2v) is 2.61. The van der Waals surface area contributed by atoms with Crippen molar-refractivity contribution in [3.63, 3.8) is 0 Å². The molecule has 0 saturated heterocycles. The molecule has 0 bridgehead atoms. The molecule has 0 aliphatic carbocycles. The highest BCUT2D eigenvalue weighted by molar-refractivity contribution is 5.67. The van der Waals surface area contributed by atoms with Crippen LogP contribution in [0.2, 0.25) is 0 Å².